The molecule has 0 radical (unpaired) electrons. The first-order chi connectivity index (χ1) is 9.90. The predicted molar refractivity (Wildman–Crippen MR) is 90.9 cm³/mol. The molecule has 4 heteroatoms. The Morgan fingerprint density at radius 1 is 1.43 bits per heavy atom. The van der Waals surface area contributed by atoms with Crippen LogP contribution in [0.3, 0.4) is 0 Å². The summed E-state index contributed by atoms with van der Waals surface area (Å²) in [5.74, 6) is 0.708. The molecule has 0 aliphatic heterocycles. The average molecular weight is 308 g/mol. The maximum Gasteiger partial charge on any atom is 0.254 e. The maximum absolute atomic E-state index is 12.3. The van der Waals surface area contributed by atoms with Gasteiger partial charge in [0.25, 0.3) is 5.91 Å². The van der Waals surface area contributed by atoms with E-state index in [2.05, 4.69) is 33.0 Å². The van der Waals surface area contributed by atoms with E-state index in [0.29, 0.717) is 22.9 Å². The Morgan fingerprint density at radius 3 is 2.76 bits per heavy atom. The Labute approximate surface area is 132 Å². The summed E-state index contributed by atoms with van der Waals surface area (Å²) in [4.78, 5) is 13.6. The SMILES string of the molecule is CCCNC(=O)c1c(N)sc2c1CCC(C(C)(C)CC)C2. The molecule has 1 amide bonds. The Hall–Kier alpha value is -1.03. The first-order valence-electron chi connectivity index (χ1n) is 8.08. The summed E-state index contributed by atoms with van der Waals surface area (Å²) < 4.78 is 0. The van der Waals surface area contributed by atoms with E-state index in [1.54, 1.807) is 11.3 Å². The third-order valence-corrected chi connectivity index (χ3v) is 6.16. The number of rotatable bonds is 5. The van der Waals surface area contributed by atoms with Gasteiger partial charge in [0, 0.05) is 11.4 Å². The van der Waals surface area contributed by atoms with Gasteiger partial charge in [-0.1, -0.05) is 34.1 Å². The molecule has 1 aliphatic carbocycles. The van der Waals surface area contributed by atoms with E-state index in [1.165, 1.54) is 16.9 Å². The van der Waals surface area contributed by atoms with Gasteiger partial charge in [0.05, 0.1) is 10.6 Å². The standard InChI is InChI=1S/C17H28N2OS/c1-5-9-19-16(20)14-12-8-7-11(17(3,4)6-2)10-13(12)21-15(14)18/h11H,5-10,18H2,1-4H3,(H,19,20). The molecule has 0 aromatic carbocycles. The van der Waals surface area contributed by atoms with Crippen LogP contribution in [-0.4, -0.2) is 12.5 Å². The van der Waals surface area contributed by atoms with Gasteiger partial charge in [-0.25, -0.2) is 0 Å². The fourth-order valence-electron chi connectivity index (χ4n) is 3.14. The van der Waals surface area contributed by atoms with Crippen LogP contribution >= 0.6 is 11.3 Å². The molecule has 0 saturated heterocycles. The van der Waals surface area contributed by atoms with Crippen molar-refractivity contribution in [2.45, 2.75) is 59.8 Å². The number of amides is 1. The normalized spacial score (nSPS) is 18.4. The number of thiophene rings is 1. The molecule has 0 bridgehead atoms. The number of nitrogens with one attached hydrogen (secondary N) is 1. The van der Waals surface area contributed by atoms with Crippen molar-refractivity contribution in [3.8, 4) is 0 Å². The summed E-state index contributed by atoms with van der Waals surface area (Å²) in [7, 11) is 0. The molecule has 2 rings (SSSR count). The second-order valence-electron chi connectivity index (χ2n) is 6.78. The van der Waals surface area contributed by atoms with Gasteiger partial charge in [0.2, 0.25) is 0 Å². The molecule has 0 spiro atoms. The summed E-state index contributed by atoms with van der Waals surface area (Å²) in [5, 5.41) is 3.66. The van der Waals surface area contributed by atoms with Crippen LogP contribution in [0.5, 0.6) is 0 Å². The number of carbonyl (C=O) groups is 1. The zero-order valence-electron chi connectivity index (χ0n) is 13.7. The lowest BCUT2D eigenvalue weighted by molar-refractivity contribution is 0.0953. The molecule has 1 heterocycles. The summed E-state index contributed by atoms with van der Waals surface area (Å²) in [6, 6.07) is 0. The lowest BCUT2D eigenvalue weighted by Gasteiger charge is -2.36. The van der Waals surface area contributed by atoms with Gasteiger partial charge in [-0.3, -0.25) is 4.79 Å². The van der Waals surface area contributed by atoms with Crippen molar-refractivity contribution >= 4 is 22.2 Å². The van der Waals surface area contributed by atoms with Gasteiger partial charge >= 0.3 is 0 Å². The van der Waals surface area contributed by atoms with Crippen molar-refractivity contribution in [1.82, 2.24) is 5.32 Å². The third kappa shape index (κ3) is 3.25. The summed E-state index contributed by atoms with van der Waals surface area (Å²) >= 11 is 1.63. The van der Waals surface area contributed by atoms with E-state index in [1.807, 2.05) is 0 Å². The molecule has 21 heavy (non-hydrogen) atoms. The molecule has 118 valence electrons. The van der Waals surface area contributed by atoms with Gasteiger partial charge in [0.15, 0.2) is 0 Å². The molecule has 1 aromatic rings. The maximum atomic E-state index is 12.3. The average Bonchev–Trinajstić information content (AvgIpc) is 2.79. The van der Waals surface area contributed by atoms with E-state index in [0.717, 1.165) is 31.2 Å². The fraction of sp³-hybridized carbons (Fsp3) is 0.706. The highest BCUT2D eigenvalue weighted by Gasteiger charge is 2.34. The number of nitrogens with two attached hydrogens (primary N) is 1. The van der Waals surface area contributed by atoms with Gasteiger partial charge in [0.1, 0.15) is 0 Å². The highest BCUT2D eigenvalue weighted by Crippen LogP contribution is 2.44. The van der Waals surface area contributed by atoms with Crippen LogP contribution in [0.1, 0.15) is 67.8 Å². The molecule has 1 unspecified atom stereocenters. The minimum absolute atomic E-state index is 0.0139. The van der Waals surface area contributed by atoms with Crippen molar-refractivity contribution in [2.24, 2.45) is 11.3 Å². The van der Waals surface area contributed by atoms with Gasteiger partial charge in [-0.05, 0) is 42.6 Å². The van der Waals surface area contributed by atoms with E-state index >= 15 is 0 Å². The number of carbonyl (C=O) groups excluding carboxylic acids is 1. The molecule has 3 N–H and O–H groups in total. The molecule has 0 fully saturated rings. The lowest BCUT2D eigenvalue weighted by atomic mass is 9.69. The number of nitrogen functional groups attached to an aromatic ring is 1. The third-order valence-electron chi connectivity index (χ3n) is 5.07. The number of hydrogen-bond acceptors (Lipinski definition) is 3. The molecule has 0 saturated carbocycles. The van der Waals surface area contributed by atoms with Crippen LogP contribution in [0, 0.1) is 11.3 Å². The summed E-state index contributed by atoms with van der Waals surface area (Å²) in [6.07, 6.45) is 5.37. The minimum atomic E-state index is 0.0139. The quantitative estimate of drug-likeness (QED) is 0.863. The molecule has 1 aromatic heterocycles. The topological polar surface area (TPSA) is 55.1 Å². The fourth-order valence-corrected chi connectivity index (χ4v) is 4.33. The highest BCUT2D eigenvalue weighted by atomic mass is 32.1. The zero-order valence-corrected chi connectivity index (χ0v) is 14.5. The number of fused-ring (bicyclic) bond motifs is 1. The van der Waals surface area contributed by atoms with Crippen LogP contribution in [0.2, 0.25) is 0 Å². The Bertz CT molecular complexity index is 519. The van der Waals surface area contributed by atoms with E-state index in [-0.39, 0.29) is 5.91 Å². The second-order valence-corrected chi connectivity index (χ2v) is 7.92. The predicted octanol–water partition coefficient (Wildman–Crippen LogP) is 4.01. The Morgan fingerprint density at radius 2 is 2.14 bits per heavy atom. The smallest absolute Gasteiger partial charge is 0.254 e. The first-order valence-corrected chi connectivity index (χ1v) is 8.90. The summed E-state index contributed by atoms with van der Waals surface area (Å²) in [6.45, 7) is 9.75. The van der Waals surface area contributed by atoms with E-state index < -0.39 is 0 Å². The highest BCUT2D eigenvalue weighted by molar-refractivity contribution is 7.16. The lowest BCUT2D eigenvalue weighted by Crippen LogP contribution is -2.30. The van der Waals surface area contributed by atoms with Crippen molar-refractivity contribution in [3.63, 3.8) is 0 Å². The van der Waals surface area contributed by atoms with Crippen molar-refractivity contribution in [1.29, 1.82) is 0 Å². The second kappa shape index (κ2) is 6.39. The monoisotopic (exact) mass is 308 g/mol. The summed E-state index contributed by atoms with van der Waals surface area (Å²) in [5.41, 5.74) is 8.48. The van der Waals surface area contributed by atoms with Crippen LogP contribution in [0.4, 0.5) is 5.00 Å². The van der Waals surface area contributed by atoms with Crippen LogP contribution in [-0.2, 0) is 12.8 Å². The largest absolute Gasteiger partial charge is 0.390 e. The van der Waals surface area contributed by atoms with Crippen LogP contribution < -0.4 is 11.1 Å². The van der Waals surface area contributed by atoms with Gasteiger partial charge < -0.3 is 11.1 Å². The molecule has 1 aliphatic rings. The van der Waals surface area contributed by atoms with Crippen LogP contribution in [0.25, 0.3) is 0 Å². The Kier molecular flexibility index (Phi) is 4.97. The van der Waals surface area contributed by atoms with Gasteiger partial charge in [-0.2, -0.15) is 0 Å². The number of hydrogen-bond donors (Lipinski definition) is 2. The van der Waals surface area contributed by atoms with E-state index in [4.69, 9.17) is 5.73 Å². The molecular formula is C17H28N2OS. The molecule has 1 atom stereocenters. The molecular weight excluding hydrogens is 280 g/mol. The van der Waals surface area contributed by atoms with Crippen LogP contribution in [0.15, 0.2) is 0 Å². The Balaban J connectivity index is 2.22. The molecule has 3 nitrogen and oxygen atoms in total. The van der Waals surface area contributed by atoms with Crippen molar-refractivity contribution in [3.05, 3.63) is 16.0 Å². The minimum Gasteiger partial charge on any atom is -0.390 e. The number of anilines is 1. The first kappa shape index (κ1) is 16.3. The van der Waals surface area contributed by atoms with Gasteiger partial charge in [-0.15, -0.1) is 11.3 Å². The van der Waals surface area contributed by atoms with Crippen molar-refractivity contribution in [2.75, 3.05) is 12.3 Å². The van der Waals surface area contributed by atoms with E-state index in [9.17, 15) is 4.79 Å². The van der Waals surface area contributed by atoms with Crippen molar-refractivity contribution < 1.29 is 4.79 Å². The zero-order chi connectivity index (χ0) is 15.6.